The van der Waals surface area contributed by atoms with Gasteiger partial charge in [0.05, 0.1) is 12.1 Å². The van der Waals surface area contributed by atoms with Crippen LogP contribution in [0.15, 0.2) is 60.7 Å². The molecule has 0 heterocycles. The van der Waals surface area contributed by atoms with Crippen LogP contribution in [-0.2, 0) is 15.9 Å². The number of ether oxygens (including phenoxy) is 3. The molecule has 4 atom stereocenters. The topological polar surface area (TPSA) is 126 Å². The zero-order valence-corrected chi connectivity index (χ0v) is 22.4. The molecule has 2 aromatic carbocycles. The minimum Gasteiger partial charge on any atom is -0.491 e. The number of para-hydroxylation sites is 1. The molecule has 0 fully saturated rings. The zero-order valence-electron chi connectivity index (χ0n) is 22.4. The van der Waals surface area contributed by atoms with Crippen molar-refractivity contribution < 1.29 is 34.0 Å². The van der Waals surface area contributed by atoms with Crippen LogP contribution in [0, 0.1) is 0 Å². The molecule has 9 nitrogen and oxygen atoms in total. The highest BCUT2D eigenvalue weighted by Gasteiger charge is 2.36. The van der Waals surface area contributed by atoms with E-state index in [-0.39, 0.29) is 13.0 Å². The van der Waals surface area contributed by atoms with Crippen molar-refractivity contribution in [2.24, 2.45) is 0 Å². The highest BCUT2D eigenvalue weighted by molar-refractivity contribution is 5.69. The van der Waals surface area contributed by atoms with Crippen molar-refractivity contribution in [3.05, 3.63) is 66.2 Å². The lowest BCUT2D eigenvalue weighted by molar-refractivity contribution is -0.0365. The van der Waals surface area contributed by atoms with E-state index in [0.717, 1.165) is 5.56 Å². The molecule has 0 spiro atoms. The average molecular weight is 517 g/mol. The molecule has 0 aromatic heterocycles. The molecule has 0 bridgehead atoms. The number of carbonyl (C=O) groups excluding carboxylic acids is 2. The van der Waals surface area contributed by atoms with Crippen molar-refractivity contribution >= 4 is 12.2 Å². The molecular formula is C28H40N2O7. The summed E-state index contributed by atoms with van der Waals surface area (Å²) in [4.78, 5) is 25.1. The van der Waals surface area contributed by atoms with E-state index in [9.17, 15) is 19.8 Å². The Morgan fingerprint density at radius 2 is 1.16 bits per heavy atom. The maximum atomic E-state index is 12.6. The van der Waals surface area contributed by atoms with E-state index in [1.165, 1.54) is 0 Å². The Morgan fingerprint density at radius 3 is 1.65 bits per heavy atom. The predicted molar refractivity (Wildman–Crippen MR) is 140 cm³/mol. The van der Waals surface area contributed by atoms with Gasteiger partial charge in [0.2, 0.25) is 0 Å². The van der Waals surface area contributed by atoms with Crippen molar-refractivity contribution in [2.75, 3.05) is 6.61 Å². The van der Waals surface area contributed by atoms with Crippen LogP contribution in [0.3, 0.4) is 0 Å². The molecule has 9 heteroatoms. The Bertz CT molecular complexity index is 972. The van der Waals surface area contributed by atoms with Crippen LogP contribution in [0.4, 0.5) is 9.59 Å². The van der Waals surface area contributed by atoms with Crippen molar-refractivity contribution in [3.63, 3.8) is 0 Å². The minimum atomic E-state index is -1.53. The molecule has 37 heavy (non-hydrogen) atoms. The number of hydrogen-bond acceptors (Lipinski definition) is 7. The SMILES string of the molecule is CC(C)(C)OC(=O)N[C@@H](COc1ccccc1)[C@@H](O)[C@H](O)[C@H](Cc1ccccc1)NC(=O)OC(C)(C)C. The number of hydrogen-bond donors (Lipinski definition) is 4. The zero-order chi connectivity index (χ0) is 27.6. The fourth-order valence-electron chi connectivity index (χ4n) is 3.45. The van der Waals surface area contributed by atoms with Crippen LogP contribution in [0.1, 0.15) is 47.1 Å². The molecule has 2 amide bonds. The Balaban J connectivity index is 2.25. The van der Waals surface area contributed by atoms with E-state index in [2.05, 4.69) is 10.6 Å². The molecule has 0 saturated carbocycles. The van der Waals surface area contributed by atoms with Gasteiger partial charge in [-0.05, 0) is 65.7 Å². The molecule has 2 aromatic rings. The maximum absolute atomic E-state index is 12.6. The van der Waals surface area contributed by atoms with Crippen molar-refractivity contribution in [1.29, 1.82) is 0 Å². The third-order valence-corrected chi connectivity index (χ3v) is 5.05. The monoisotopic (exact) mass is 516 g/mol. The van der Waals surface area contributed by atoms with Crippen LogP contribution >= 0.6 is 0 Å². The van der Waals surface area contributed by atoms with Gasteiger partial charge in [0.1, 0.15) is 35.8 Å². The second kappa shape index (κ2) is 13.3. The van der Waals surface area contributed by atoms with Gasteiger partial charge in [-0.2, -0.15) is 0 Å². The Labute approximate surface area is 219 Å². The lowest BCUT2D eigenvalue weighted by atomic mass is 9.94. The second-order valence-corrected chi connectivity index (χ2v) is 10.8. The standard InChI is InChI=1S/C28H40N2O7/c1-27(2,3)36-25(33)29-21(17-19-13-9-7-10-14-19)23(31)24(32)22(30-26(34)37-28(4,5)6)18-35-20-15-11-8-12-16-20/h7-16,21-24,31-32H,17-18H2,1-6H3,(H,29,33)(H,30,34)/t21-,22-,23+,24+/m0/s1. The van der Waals surface area contributed by atoms with Gasteiger partial charge in [-0.15, -0.1) is 0 Å². The first-order chi connectivity index (χ1) is 17.2. The van der Waals surface area contributed by atoms with E-state index < -0.39 is 47.7 Å². The fourth-order valence-corrected chi connectivity index (χ4v) is 3.45. The molecule has 0 radical (unpaired) electrons. The Kier molecular flexibility index (Phi) is 10.8. The van der Waals surface area contributed by atoms with E-state index in [0.29, 0.717) is 5.75 Å². The summed E-state index contributed by atoms with van der Waals surface area (Å²) in [6, 6.07) is 16.1. The number of benzene rings is 2. The third-order valence-electron chi connectivity index (χ3n) is 5.05. The molecular weight excluding hydrogens is 476 g/mol. The van der Waals surface area contributed by atoms with Crippen molar-refractivity contribution in [1.82, 2.24) is 10.6 Å². The number of alkyl carbamates (subject to hydrolysis) is 2. The lowest BCUT2D eigenvalue weighted by Gasteiger charge is -2.33. The summed E-state index contributed by atoms with van der Waals surface area (Å²) in [7, 11) is 0. The molecule has 0 aliphatic carbocycles. The largest absolute Gasteiger partial charge is 0.491 e. The lowest BCUT2D eigenvalue weighted by Crippen LogP contribution is -2.58. The van der Waals surface area contributed by atoms with E-state index in [4.69, 9.17) is 14.2 Å². The van der Waals surface area contributed by atoms with Gasteiger partial charge in [-0.3, -0.25) is 0 Å². The average Bonchev–Trinajstić information content (AvgIpc) is 2.79. The quantitative estimate of drug-likeness (QED) is 0.378. The summed E-state index contributed by atoms with van der Waals surface area (Å²) < 4.78 is 16.5. The second-order valence-electron chi connectivity index (χ2n) is 10.8. The number of amides is 2. The Hall–Kier alpha value is -3.30. The minimum absolute atomic E-state index is 0.161. The van der Waals surface area contributed by atoms with Gasteiger partial charge in [0.25, 0.3) is 0 Å². The number of rotatable bonds is 10. The highest BCUT2D eigenvalue weighted by Crippen LogP contribution is 2.16. The summed E-state index contributed by atoms with van der Waals surface area (Å²) >= 11 is 0. The summed E-state index contributed by atoms with van der Waals surface area (Å²) in [5.41, 5.74) is -0.700. The molecule has 0 unspecified atom stereocenters. The number of nitrogens with one attached hydrogen (secondary N) is 2. The van der Waals surface area contributed by atoms with E-state index in [1.54, 1.807) is 65.8 Å². The third kappa shape index (κ3) is 11.5. The summed E-state index contributed by atoms with van der Waals surface area (Å²) in [6.07, 6.45) is -4.33. The first-order valence-electron chi connectivity index (χ1n) is 12.3. The van der Waals surface area contributed by atoms with Gasteiger partial charge in [-0.25, -0.2) is 9.59 Å². The smallest absolute Gasteiger partial charge is 0.408 e. The van der Waals surface area contributed by atoms with Crippen LogP contribution < -0.4 is 15.4 Å². The summed E-state index contributed by atoms with van der Waals surface area (Å²) in [5, 5.41) is 27.7. The maximum Gasteiger partial charge on any atom is 0.408 e. The fraction of sp³-hybridized carbons (Fsp3) is 0.500. The number of carbonyl (C=O) groups is 2. The first-order valence-corrected chi connectivity index (χ1v) is 12.3. The molecule has 2 rings (SSSR count). The van der Waals surface area contributed by atoms with Crippen LogP contribution in [0.2, 0.25) is 0 Å². The Morgan fingerprint density at radius 1 is 0.730 bits per heavy atom. The molecule has 0 saturated heterocycles. The summed E-state index contributed by atoms with van der Waals surface area (Å²) in [6.45, 7) is 10.2. The van der Waals surface area contributed by atoms with Gasteiger partial charge in [0, 0.05) is 0 Å². The molecule has 0 aliphatic rings. The van der Waals surface area contributed by atoms with E-state index in [1.807, 2.05) is 36.4 Å². The van der Waals surface area contributed by atoms with Crippen LogP contribution in [-0.4, -0.2) is 64.5 Å². The number of aliphatic hydroxyl groups is 2. The summed E-state index contributed by atoms with van der Waals surface area (Å²) in [5.74, 6) is 0.521. The van der Waals surface area contributed by atoms with Gasteiger partial charge >= 0.3 is 12.2 Å². The first kappa shape index (κ1) is 29.9. The van der Waals surface area contributed by atoms with Gasteiger partial charge in [-0.1, -0.05) is 48.5 Å². The molecule has 0 aliphatic heterocycles. The highest BCUT2D eigenvalue weighted by atomic mass is 16.6. The van der Waals surface area contributed by atoms with Crippen molar-refractivity contribution in [3.8, 4) is 5.75 Å². The van der Waals surface area contributed by atoms with Gasteiger partial charge in [0.15, 0.2) is 0 Å². The van der Waals surface area contributed by atoms with Crippen LogP contribution in [0.5, 0.6) is 5.75 Å². The van der Waals surface area contributed by atoms with E-state index >= 15 is 0 Å². The number of aliphatic hydroxyl groups excluding tert-OH is 2. The van der Waals surface area contributed by atoms with Gasteiger partial charge < -0.3 is 35.1 Å². The predicted octanol–water partition coefficient (Wildman–Crippen LogP) is 3.82. The van der Waals surface area contributed by atoms with Crippen molar-refractivity contribution in [2.45, 2.75) is 83.5 Å². The molecule has 4 N–H and O–H groups in total. The van der Waals surface area contributed by atoms with Crippen LogP contribution in [0.25, 0.3) is 0 Å². The molecule has 204 valence electrons. The normalized spacial score (nSPS) is 15.0.